The van der Waals surface area contributed by atoms with E-state index in [4.69, 9.17) is 4.42 Å². The van der Waals surface area contributed by atoms with Crippen molar-refractivity contribution in [2.45, 2.75) is 39.2 Å². The Kier molecular flexibility index (Phi) is 5.22. The van der Waals surface area contributed by atoms with E-state index in [-0.39, 0.29) is 6.54 Å². The Morgan fingerprint density at radius 1 is 1.39 bits per heavy atom. The monoisotopic (exact) mass is 264 g/mol. The fourth-order valence-electron chi connectivity index (χ4n) is 1.58. The first-order chi connectivity index (χ1) is 8.28. The maximum Gasteiger partial charge on any atom is 0.401 e. The minimum atomic E-state index is -4.18. The van der Waals surface area contributed by atoms with Crippen molar-refractivity contribution in [2.75, 3.05) is 13.6 Å². The normalized spacial score (nSPS) is 12.7. The Bertz CT molecular complexity index is 360. The third-order valence-corrected chi connectivity index (χ3v) is 2.40. The molecule has 0 aliphatic carbocycles. The van der Waals surface area contributed by atoms with Gasteiger partial charge in [-0.05, 0) is 13.1 Å². The van der Waals surface area contributed by atoms with E-state index in [1.807, 2.05) is 13.8 Å². The van der Waals surface area contributed by atoms with E-state index in [0.29, 0.717) is 18.3 Å². The van der Waals surface area contributed by atoms with E-state index in [1.165, 1.54) is 18.2 Å². The third-order valence-electron chi connectivity index (χ3n) is 2.40. The van der Waals surface area contributed by atoms with E-state index in [1.54, 1.807) is 6.07 Å². The summed E-state index contributed by atoms with van der Waals surface area (Å²) >= 11 is 0. The highest BCUT2D eigenvalue weighted by Gasteiger charge is 2.29. The smallest absolute Gasteiger partial charge is 0.401 e. The molecular weight excluding hydrogens is 245 g/mol. The van der Waals surface area contributed by atoms with Crippen molar-refractivity contribution in [1.82, 2.24) is 10.2 Å². The van der Waals surface area contributed by atoms with Gasteiger partial charge in [0.1, 0.15) is 5.76 Å². The maximum absolute atomic E-state index is 12.2. The zero-order valence-corrected chi connectivity index (χ0v) is 10.8. The predicted octanol–water partition coefficient (Wildman–Crippen LogP) is 2.77. The van der Waals surface area contributed by atoms with Crippen molar-refractivity contribution in [3.63, 3.8) is 0 Å². The average molecular weight is 264 g/mol. The summed E-state index contributed by atoms with van der Waals surface area (Å²) < 4.78 is 41.8. The lowest BCUT2D eigenvalue weighted by atomic mass is 10.2. The van der Waals surface area contributed by atoms with Crippen molar-refractivity contribution < 1.29 is 17.6 Å². The molecule has 0 aliphatic rings. The number of hydrogen-bond donors (Lipinski definition) is 1. The molecular formula is C12H19F3N2O. The molecule has 18 heavy (non-hydrogen) atoms. The lowest BCUT2D eigenvalue weighted by Crippen LogP contribution is -2.31. The lowest BCUT2D eigenvalue weighted by molar-refractivity contribution is -0.144. The van der Waals surface area contributed by atoms with Gasteiger partial charge in [-0.1, -0.05) is 13.8 Å². The van der Waals surface area contributed by atoms with Gasteiger partial charge in [0.15, 0.2) is 0 Å². The molecule has 0 amide bonds. The minimum Gasteiger partial charge on any atom is -0.468 e. The van der Waals surface area contributed by atoms with Crippen LogP contribution in [0.5, 0.6) is 0 Å². The van der Waals surface area contributed by atoms with Crippen LogP contribution in [0.4, 0.5) is 13.2 Å². The molecule has 1 aromatic rings. The second-order valence-corrected chi connectivity index (χ2v) is 4.69. The Morgan fingerprint density at radius 3 is 2.61 bits per heavy atom. The van der Waals surface area contributed by atoms with Crippen LogP contribution in [0.15, 0.2) is 16.7 Å². The molecule has 1 aromatic heterocycles. The molecule has 0 fully saturated rings. The minimum absolute atomic E-state index is 0.154. The van der Waals surface area contributed by atoms with Gasteiger partial charge in [-0.15, -0.1) is 0 Å². The molecule has 0 saturated carbocycles. The highest BCUT2D eigenvalue weighted by atomic mass is 19.4. The van der Waals surface area contributed by atoms with Crippen LogP contribution in [0.1, 0.15) is 25.2 Å². The van der Waals surface area contributed by atoms with Crippen molar-refractivity contribution in [3.05, 3.63) is 23.7 Å². The van der Waals surface area contributed by atoms with Crippen LogP contribution < -0.4 is 5.32 Å². The van der Waals surface area contributed by atoms with Crippen molar-refractivity contribution in [3.8, 4) is 0 Å². The van der Waals surface area contributed by atoms with Crippen molar-refractivity contribution in [2.24, 2.45) is 0 Å². The number of nitrogens with one attached hydrogen (secondary N) is 1. The van der Waals surface area contributed by atoms with E-state index < -0.39 is 12.7 Å². The Hall–Kier alpha value is -1.01. The van der Waals surface area contributed by atoms with Gasteiger partial charge in [-0.3, -0.25) is 4.90 Å². The Morgan fingerprint density at radius 2 is 2.06 bits per heavy atom. The van der Waals surface area contributed by atoms with Crippen LogP contribution in [0, 0.1) is 0 Å². The first kappa shape index (κ1) is 15.0. The molecule has 0 bridgehead atoms. The predicted molar refractivity (Wildman–Crippen MR) is 63.1 cm³/mol. The van der Waals surface area contributed by atoms with E-state index in [2.05, 4.69) is 5.32 Å². The molecule has 6 heteroatoms. The highest BCUT2D eigenvalue weighted by Crippen LogP contribution is 2.18. The first-order valence-corrected chi connectivity index (χ1v) is 5.82. The average Bonchev–Trinajstić information content (AvgIpc) is 2.59. The molecule has 0 saturated heterocycles. The number of furan rings is 1. The summed E-state index contributed by atoms with van der Waals surface area (Å²) in [5, 5.41) is 3.21. The summed E-state index contributed by atoms with van der Waals surface area (Å²) in [6, 6.07) is 2.10. The largest absolute Gasteiger partial charge is 0.468 e. The summed E-state index contributed by atoms with van der Waals surface area (Å²) in [6.07, 6.45) is -2.67. The standard InChI is InChI=1S/C12H19F3N2O/c1-9(2)16-6-10-4-5-18-11(10)7-17(3)8-12(13,14)15/h4-5,9,16H,6-8H2,1-3H3. The Balaban J connectivity index is 2.54. The lowest BCUT2D eigenvalue weighted by Gasteiger charge is -2.18. The van der Waals surface area contributed by atoms with Crippen molar-refractivity contribution in [1.29, 1.82) is 0 Å². The van der Waals surface area contributed by atoms with Gasteiger partial charge < -0.3 is 9.73 Å². The molecule has 0 aromatic carbocycles. The SMILES string of the molecule is CC(C)NCc1ccoc1CN(C)CC(F)(F)F. The zero-order valence-electron chi connectivity index (χ0n) is 10.8. The molecule has 0 spiro atoms. The molecule has 104 valence electrons. The summed E-state index contributed by atoms with van der Waals surface area (Å²) in [4.78, 5) is 1.19. The van der Waals surface area contributed by atoms with Gasteiger partial charge in [0.25, 0.3) is 0 Å². The molecule has 1 N–H and O–H groups in total. The molecule has 1 rings (SSSR count). The number of nitrogens with zero attached hydrogens (tertiary/aromatic N) is 1. The van der Waals surface area contributed by atoms with Gasteiger partial charge in [-0.25, -0.2) is 0 Å². The Labute approximate surface area is 105 Å². The van der Waals surface area contributed by atoms with Crippen molar-refractivity contribution >= 4 is 0 Å². The van der Waals surface area contributed by atoms with Crippen LogP contribution >= 0.6 is 0 Å². The van der Waals surface area contributed by atoms with Gasteiger partial charge in [-0.2, -0.15) is 13.2 Å². The summed E-state index contributed by atoms with van der Waals surface area (Å²) in [7, 11) is 1.43. The summed E-state index contributed by atoms with van der Waals surface area (Å²) in [5.74, 6) is 0.579. The number of alkyl halides is 3. The fourth-order valence-corrected chi connectivity index (χ4v) is 1.58. The zero-order chi connectivity index (χ0) is 13.8. The van der Waals surface area contributed by atoms with Crippen LogP contribution in [-0.2, 0) is 13.1 Å². The molecule has 1 heterocycles. The fraction of sp³-hybridized carbons (Fsp3) is 0.667. The van der Waals surface area contributed by atoms with Crippen LogP contribution in [-0.4, -0.2) is 30.7 Å². The molecule has 0 atom stereocenters. The quantitative estimate of drug-likeness (QED) is 0.856. The summed E-state index contributed by atoms with van der Waals surface area (Å²) in [5.41, 5.74) is 0.901. The maximum atomic E-state index is 12.2. The van der Waals surface area contributed by atoms with Crippen LogP contribution in [0.25, 0.3) is 0 Å². The molecule has 0 radical (unpaired) electrons. The van der Waals surface area contributed by atoms with E-state index >= 15 is 0 Å². The van der Waals surface area contributed by atoms with Gasteiger partial charge >= 0.3 is 6.18 Å². The van der Waals surface area contributed by atoms with E-state index in [9.17, 15) is 13.2 Å². The number of rotatable bonds is 6. The van der Waals surface area contributed by atoms with Crippen LogP contribution in [0.3, 0.4) is 0 Å². The van der Waals surface area contributed by atoms with Gasteiger partial charge in [0.05, 0.1) is 19.4 Å². The molecule has 0 unspecified atom stereocenters. The summed E-state index contributed by atoms with van der Waals surface area (Å²) in [6.45, 7) is 3.83. The number of hydrogen-bond acceptors (Lipinski definition) is 3. The second kappa shape index (κ2) is 6.24. The van der Waals surface area contributed by atoms with E-state index in [0.717, 1.165) is 5.56 Å². The van der Waals surface area contributed by atoms with Gasteiger partial charge in [0, 0.05) is 18.2 Å². The first-order valence-electron chi connectivity index (χ1n) is 5.82. The topological polar surface area (TPSA) is 28.4 Å². The van der Waals surface area contributed by atoms with Crippen LogP contribution in [0.2, 0.25) is 0 Å². The molecule has 3 nitrogen and oxygen atoms in total. The molecule has 0 aliphatic heterocycles. The third kappa shape index (κ3) is 5.55. The number of halogens is 3. The second-order valence-electron chi connectivity index (χ2n) is 4.69. The van der Waals surface area contributed by atoms with Gasteiger partial charge in [0.2, 0.25) is 0 Å². The highest BCUT2D eigenvalue weighted by molar-refractivity contribution is 5.16.